The summed E-state index contributed by atoms with van der Waals surface area (Å²) in [6.45, 7) is 0. The molecule has 0 saturated carbocycles. The summed E-state index contributed by atoms with van der Waals surface area (Å²) in [4.78, 5) is 21.9. The highest BCUT2D eigenvalue weighted by atomic mass is 35.5. The van der Waals surface area contributed by atoms with Gasteiger partial charge in [0.05, 0.1) is 18.5 Å². The molecule has 3 N–H and O–H groups in total. The molecule has 4 atom stereocenters. The molecule has 1 saturated heterocycles. The Morgan fingerprint density at radius 1 is 1.42 bits per heavy atom. The van der Waals surface area contributed by atoms with Crippen LogP contribution in [-0.2, 0) is 4.74 Å². The van der Waals surface area contributed by atoms with Crippen LogP contribution in [0, 0.1) is 0 Å². The average Bonchev–Trinajstić information content (AvgIpc) is 2.94. The minimum absolute atomic E-state index is 0.0510. The zero-order valence-electron chi connectivity index (χ0n) is 9.60. The molecule has 0 spiro atoms. The van der Waals surface area contributed by atoms with Crippen LogP contribution in [0.15, 0.2) is 17.4 Å². The fourth-order valence-electron chi connectivity index (χ4n) is 2.14. The van der Waals surface area contributed by atoms with Crippen LogP contribution in [0.4, 0.5) is 0 Å². The van der Waals surface area contributed by atoms with Gasteiger partial charge in [-0.05, 0) is 0 Å². The molecule has 0 radical (unpaired) electrons. The number of nitrogens with zero attached hydrogens (tertiary/aromatic N) is 3. The van der Waals surface area contributed by atoms with Crippen molar-refractivity contribution >= 4 is 22.8 Å². The van der Waals surface area contributed by atoms with Crippen molar-refractivity contribution in [3.05, 3.63) is 23.0 Å². The van der Waals surface area contributed by atoms with Gasteiger partial charge in [0.2, 0.25) is 0 Å². The van der Waals surface area contributed by atoms with Gasteiger partial charge in [0, 0.05) is 0 Å². The number of fused-ring (bicyclic) bond motifs is 1. The minimum atomic E-state index is -1.16. The summed E-state index contributed by atoms with van der Waals surface area (Å²) < 4.78 is 6.87. The first kappa shape index (κ1) is 12.5. The Morgan fingerprint density at radius 2 is 2.21 bits per heavy atom. The summed E-state index contributed by atoms with van der Waals surface area (Å²) in [5, 5.41) is 19.7. The molecule has 9 heteroatoms. The van der Waals surface area contributed by atoms with E-state index < -0.39 is 24.5 Å². The molecule has 2 aromatic rings. The van der Waals surface area contributed by atoms with E-state index in [-0.39, 0.29) is 22.6 Å². The number of aliphatic hydroxyl groups excluding tert-OH is 2. The average molecular weight is 287 g/mol. The molecule has 0 amide bonds. The zero-order valence-corrected chi connectivity index (χ0v) is 10.4. The fraction of sp³-hybridized carbons (Fsp3) is 0.500. The SMILES string of the molecule is O=c1[nH]cnc2c1ncn2[C@@H]1O[C@@H](CCl)[C@H](O)[C@H]1O. The van der Waals surface area contributed by atoms with Gasteiger partial charge in [0.15, 0.2) is 17.4 Å². The monoisotopic (exact) mass is 286 g/mol. The molecule has 2 aromatic heterocycles. The van der Waals surface area contributed by atoms with E-state index >= 15 is 0 Å². The summed E-state index contributed by atoms with van der Waals surface area (Å²) in [5.74, 6) is 0.0510. The number of aromatic nitrogens is 4. The number of imidazole rings is 1. The molecular weight excluding hydrogens is 276 g/mol. The first-order valence-corrected chi connectivity index (χ1v) is 6.14. The molecule has 1 aliphatic heterocycles. The number of hydrogen-bond donors (Lipinski definition) is 3. The van der Waals surface area contributed by atoms with Crippen molar-refractivity contribution in [3.63, 3.8) is 0 Å². The molecule has 0 bridgehead atoms. The third-order valence-corrected chi connectivity index (χ3v) is 3.43. The van der Waals surface area contributed by atoms with Crippen molar-refractivity contribution in [2.45, 2.75) is 24.5 Å². The topological polar surface area (TPSA) is 113 Å². The van der Waals surface area contributed by atoms with E-state index in [1.54, 1.807) is 0 Å². The van der Waals surface area contributed by atoms with Crippen LogP contribution in [0.1, 0.15) is 6.23 Å². The molecule has 8 nitrogen and oxygen atoms in total. The lowest BCUT2D eigenvalue weighted by molar-refractivity contribution is -0.0291. The summed E-state index contributed by atoms with van der Waals surface area (Å²) in [7, 11) is 0. The Morgan fingerprint density at radius 3 is 2.89 bits per heavy atom. The van der Waals surface area contributed by atoms with Gasteiger partial charge in [-0.3, -0.25) is 9.36 Å². The number of ether oxygens (including phenoxy) is 1. The number of hydrogen-bond acceptors (Lipinski definition) is 6. The summed E-state index contributed by atoms with van der Waals surface area (Å²) in [5.41, 5.74) is 0.0306. The number of aromatic amines is 1. The van der Waals surface area contributed by atoms with Gasteiger partial charge in [0.25, 0.3) is 5.56 Å². The summed E-state index contributed by atoms with van der Waals surface area (Å²) in [6, 6.07) is 0. The highest BCUT2D eigenvalue weighted by Crippen LogP contribution is 2.31. The lowest BCUT2D eigenvalue weighted by Gasteiger charge is -2.16. The van der Waals surface area contributed by atoms with E-state index in [1.807, 2.05) is 0 Å². The normalized spacial score (nSPS) is 31.1. The second-order valence-electron chi connectivity index (χ2n) is 4.26. The van der Waals surface area contributed by atoms with Crippen LogP contribution in [0.3, 0.4) is 0 Å². The molecule has 19 heavy (non-hydrogen) atoms. The predicted molar refractivity (Wildman–Crippen MR) is 64.8 cm³/mol. The predicted octanol–water partition coefficient (Wildman–Crippen LogP) is -1.02. The number of alkyl halides is 1. The van der Waals surface area contributed by atoms with Crippen molar-refractivity contribution < 1.29 is 14.9 Å². The van der Waals surface area contributed by atoms with E-state index in [9.17, 15) is 15.0 Å². The van der Waals surface area contributed by atoms with Crippen LogP contribution in [-0.4, -0.2) is 53.9 Å². The number of aliphatic hydroxyl groups is 2. The van der Waals surface area contributed by atoms with Crippen molar-refractivity contribution in [3.8, 4) is 0 Å². The Balaban J connectivity index is 2.06. The molecule has 0 unspecified atom stereocenters. The lowest BCUT2D eigenvalue weighted by Crippen LogP contribution is -2.32. The van der Waals surface area contributed by atoms with Crippen LogP contribution in [0.2, 0.25) is 0 Å². The van der Waals surface area contributed by atoms with E-state index in [0.29, 0.717) is 0 Å². The Labute approximate surface area is 111 Å². The third-order valence-electron chi connectivity index (χ3n) is 3.13. The van der Waals surface area contributed by atoms with Crippen LogP contribution in [0.5, 0.6) is 0 Å². The maximum absolute atomic E-state index is 11.5. The van der Waals surface area contributed by atoms with Gasteiger partial charge >= 0.3 is 0 Å². The van der Waals surface area contributed by atoms with Crippen LogP contribution >= 0.6 is 11.6 Å². The van der Waals surface area contributed by atoms with Gasteiger partial charge in [0.1, 0.15) is 18.3 Å². The second kappa shape index (κ2) is 4.57. The number of halogens is 1. The molecule has 102 valence electrons. The van der Waals surface area contributed by atoms with Gasteiger partial charge in [-0.1, -0.05) is 0 Å². The van der Waals surface area contributed by atoms with E-state index in [1.165, 1.54) is 17.2 Å². The first-order chi connectivity index (χ1) is 9.13. The molecule has 3 heterocycles. The summed E-state index contributed by atoms with van der Waals surface area (Å²) >= 11 is 5.65. The van der Waals surface area contributed by atoms with Crippen LogP contribution in [0.25, 0.3) is 11.2 Å². The van der Waals surface area contributed by atoms with E-state index in [0.717, 1.165) is 0 Å². The van der Waals surface area contributed by atoms with E-state index in [4.69, 9.17) is 16.3 Å². The van der Waals surface area contributed by atoms with Crippen molar-refractivity contribution in [1.82, 2.24) is 19.5 Å². The number of nitrogens with one attached hydrogen (secondary N) is 1. The minimum Gasteiger partial charge on any atom is -0.387 e. The first-order valence-electron chi connectivity index (χ1n) is 5.61. The quantitative estimate of drug-likeness (QED) is 0.609. The third kappa shape index (κ3) is 1.84. The van der Waals surface area contributed by atoms with Gasteiger partial charge in [-0.25, -0.2) is 9.97 Å². The lowest BCUT2D eigenvalue weighted by atomic mass is 10.1. The highest BCUT2D eigenvalue weighted by molar-refractivity contribution is 6.18. The van der Waals surface area contributed by atoms with E-state index in [2.05, 4.69) is 15.0 Å². The second-order valence-corrected chi connectivity index (χ2v) is 4.56. The largest absolute Gasteiger partial charge is 0.387 e. The van der Waals surface area contributed by atoms with Gasteiger partial charge in [-0.15, -0.1) is 11.6 Å². The molecule has 0 aliphatic carbocycles. The van der Waals surface area contributed by atoms with Crippen molar-refractivity contribution in [2.75, 3.05) is 5.88 Å². The molecule has 0 aromatic carbocycles. The van der Waals surface area contributed by atoms with Crippen molar-refractivity contribution in [1.29, 1.82) is 0 Å². The maximum atomic E-state index is 11.5. The van der Waals surface area contributed by atoms with Gasteiger partial charge < -0.3 is 19.9 Å². The van der Waals surface area contributed by atoms with Crippen molar-refractivity contribution in [2.24, 2.45) is 0 Å². The van der Waals surface area contributed by atoms with Crippen LogP contribution < -0.4 is 5.56 Å². The zero-order chi connectivity index (χ0) is 13.6. The molecule has 1 aliphatic rings. The Bertz CT molecular complexity index is 656. The summed E-state index contributed by atoms with van der Waals surface area (Å²) in [6.07, 6.45) is -1.24. The smallest absolute Gasteiger partial charge is 0.278 e. The van der Waals surface area contributed by atoms with Gasteiger partial charge in [-0.2, -0.15) is 0 Å². The molecule has 3 rings (SSSR count). The fourth-order valence-corrected chi connectivity index (χ4v) is 2.39. The standard InChI is InChI=1S/C10H11ClN4O4/c11-1-4-6(16)7(17)10(19-4)15-3-14-5-8(15)12-2-13-9(5)18/h2-4,6-7,10,16-17H,1H2,(H,12,13,18)/t4-,6-,7+,10+/m0/s1. The maximum Gasteiger partial charge on any atom is 0.278 e. The number of H-pyrrole nitrogens is 1. The Kier molecular flexibility index (Phi) is 3.02. The molecular formula is C10H11ClN4O4. The Hall–Kier alpha value is -1.48. The highest BCUT2D eigenvalue weighted by Gasteiger charge is 2.43. The molecule has 1 fully saturated rings. The number of rotatable bonds is 2.